The first-order valence-electron chi connectivity index (χ1n) is 6.50. The molecule has 0 bridgehead atoms. The minimum Gasteiger partial charge on any atom is -0.489 e. The number of benzene rings is 1. The van der Waals surface area contributed by atoms with Crippen LogP contribution in [0.3, 0.4) is 0 Å². The minimum absolute atomic E-state index is 0.466. The van der Waals surface area contributed by atoms with E-state index in [1.54, 1.807) is 0 Å². The summed E-state index contributed by atoms with van der Waals surface area (Å²) in [6.45, 7) is 1.18. The molecule has 2 nitrogen and oxygen atoms in total. The van der Waals surface area contributed by atoms with Gasteiger partial charge in [-0.15, -0.1) is 0 Å². The molecule has 92 valence electrons. The van der Waals surface area contributed by atoms with Gasteiger partial charge in [0.15, 0.2) is 0 Å². The predicted molar refractivity (Wildman–Crippen MR) is 72.5 cm³/mol. The summed E-state index contributed by atoms with van der Waals surface area (Å²) in [4.78, 5) is 0. The Morgan fingerprint density at radius 3 is 2.82 bits per heavy atom. The van der Waals surface area contributed by atoms with Crippen molar-refractivity contribution in [3.8, 4) is 5.75 Å². The maximum atomic E-state index is 5.82. The lowest BCUT2D eigenvalue weighted by Gasteiger charge is -2.12. The molecular formula is C14H18BrNO. The minimum atomic E-state index is 0.466. The molecule has 1 aliphatic heterocycles. The van der Waals surface area contributed by atoms with E-state index in [1.807, 2.05) is 0 Å². The summed E-state index contributed by atoms with van der Waals surface area (Å²) in [5.74, 6) is 0.996. The summed E-state index contributed by atoms with van der Waals surface area (Å²) >= 11 is 3.61. The Kier molecular flexibility index (Phi) is 3.39. The molecule has 17 heavy (non-hydrogen) atoms. The van der Waals surface area contributed by atoms with Crippen LogP contribution in [-0.2, 0) is 6.42 Å². The Bertz CT molecular complexity index is 397. The molecule has 1 atom stereocenters. The van der Waals surface area contributed by atoms with Crippen LogP contribution in [0.15, 0.2) is 22.7 Å². The third-order valence-electron chi connectivity index (χ3n) is 3.46. The average Bonchev–Trinajstić information content (AvgIpc) is 2.98. The van der Waals surface area contributed by atoms with Crippen LogP contribution >= 0.6 is 15.9 Å². The van der Waals surface area contributed by atoms with Crippen LogP contribution in [0.2, 0.25) is 0 Å². The van der Waals surface area contributed by atoms with Gasteiger partial charge in [-0.1, -0.05) is 6.07 Å². The maximum Gasteiger partial charge on any atom is 0.133 e. The molecule has 3 heteroatoms. The molecule has 0 radical (unpaired) electrons. The zero-order valence-corrected chi connectivity index (χ0v) is 11.5. The standard InChI is InChI=1S/C14H18BrNO/c15-13-9-10(8-11-2-1-7-16-11)3-6-14(13)17-12-4-5-12/h3,6,9,11-12,16H,1-2,4-5,7-8H2. The van der Waals surface area contributed by atoms with Gasteiger partial charge in [0, 0.05) is 6.04 Å². The molecule has 1 aromatic carbocycles. The van der Waals surface area contributed by atoms with E-state index in [1.165, 1.54) is 37.8 Å². The van der Waals surface area contributed by atoms with Crippen molar-refractivity contribution < 1.29 is 4.74 Å². The van der Waals surface area contributed by atoms with Crippen molar-refractivity contribution in [3.05, 3.63) is 28.2 Å². The lowest BCUT2D eigenvalue weighted by Crippen LogP contribution is -2.23. The topological polar surface area (TPSA) is 21.3 Å². The fraction of sp³-hybridized carbons (Fsp3) is 0.571. The Morgan fingerprint density at radius 1 is 1.29 bits per heavy atom. The number of nitrogens with one attached hydrogen (secondary N) is 1. The lowest BCUT2D eigenvalue weighted by molar-refractivity contribution is 0.301. The molecule has 2 fully saturated rings. The Hall–Kier alpha value is -0.540. The normalized spacial score (nSPS) is 23.9. The van der Waals surface area contributed by atoms with Gasteiger partial charge >= 0.3 is 0 Å². The molecule has 1 aromatic rings. The molecule has 0 spiro atoms. The first-order valence-corrected chi connectivity index (χ1v) is 7.29. The average molecular weight is 296 g/mol. The molecule has 1 heterocycles. The number of hydrogen-bond donors (Lipinski definition) is 1. The van der Waals surface area contributed by atoms with E-state index < -0.39 is 0 Å². The van der Waals surface area contributed by atoms with Crippen LogP contribution in [0.4, 0.5) is 0 Å². The van der Waals surface area contributed by atoms with Gasteiger partial charge in [-0.25, -0.2) is 0 Å². The molecule has 1 N–H and O–H groups in total. The number of halogens is 1. The van der Waals surface area contributed by atoms with Crippen molar-refractivity contribution in [2.24, 2.45) is 0 Å². The van der Waals surface area contributed by atoms with Crippen LogP contribution in [0.25, 0.3) is 0 Å². The summed E-state index contributed by atoms with van der Waals surface area (Å²) < 4.78 is 6.92. The van der Waals surface area contributed by atoms with E-state index in [-0.39, 0.29) is 0 Å². The summed E-state index contributed by atoms with van der Waals surface area (Å²) in [7, 11) is 0. The summed E-state index contributed by atoms with van der Waals surface area (Å²) in [6.07, 6.45) is 6.63. The Labute approximate surface area is 111 Å². The van der Waals surface area contributed by atoms with Crippen LogP contribution in [0.1, 0.15) is 31.2 Å². The van der Waals surface area contributed by atoms with E-state index in [2.05, 4.69) is 39.4 Å². The van der Waals surface area contributed by atoms with Gasteiger partial charge in [0.1, 0.15) is 5.75 Å². The van der Waals surface area contributed by atoms with E-state index in [0.29, 0.717) is 12.1 Å². The summed E-state index contributed by atoms with van der Waals surface area (Å²) in [6, 6.07) is 7.17. The third kappa shape index (κ3) is 3.02. The molecule has 3 rings (SSSR count). The van der Waals surface area contributed by atoms with E-state index in [4.69, 9.17) is 4.74 Å². The first kappa shape index (κ1) is 11.5. The molecule has 1 saturated carbocycles. The molecular weight excluding hydrogens is 278 g/mol. The maximum absolute atomic E-state index is 5.82. The van der Waals surface area contributed by atoms with Gasteiger partial charge in [0.25, 0.3) is 0 Å². The van der Waals surface area contributed by atoms with Crippen molar-refractivity contribution in [2.75, 3.05) is 6.54 Å². The van der Waals surface area contributed by atoms with Gasteiger partial charge in [-0.05, 0) is 72.3 Å². The number of hydrogen-bond acceptors (Lipinski definition) is 2. The van der Waals surface area contributed by atoms with Gasteiger partial charge in [-0.3, -0.25) is 0 Å². The predicted octanol–water partition coefficient (Wildman–Crippen LogP) is 3.28. The van der Waals surface area contributed by atoms with E-state index in [0.717, 1.165) is 16.6 Å². The van der Waals surface area contributed by atoms with Crippen molar-refractivity contribution in [3.63, 3.8) is 0 Å². The highest BCUT2D eigenvalue weighted by molar-refractivity contribution is 9.10. The largest absolute Gasteiger partial charge is 0.489 e. The molecule has 2 aliphatic rings. The van der Waals surface area contributed by atoms with E-state index in [9.17, 15) is 0 Å². The van der Waals surface area contributed by atoms with Gasteiger partial charge in [0.2, 0.25) is 0 Å². The first-order chi connectivity index (χ1) is 8.31. The lowest BCUT2D eigenvalue weighted by atomic mass is 10.0. The molecule has 1 aliphatic carbocycles. The second kappa shape index (κ2) is 4.99. The summed E-state index contributed by atoms with van der Waals surface area (Å²) in [5, 5.41) is 3.53. The smallest absolute Gasteiger partial charge is 0.133 e. The van der Waals surface area contributed by atoms with E-state index >= 15 is 0 Å². The van der Waals surface area contributed by atoms with Crippen molar-refractivity contribution in [2.45, 2.75) is 44.2 Å². The second-order valence-electron chi connectivity index (χ2n) is 5.08. The monoisotopic (exact) mass is 295 g/mol. The second-order valence-corrected chi connectivity index (χ2v) is 5.93. The molecule has 0 amide bonds. The van der Waals surface area contributed by atoms with Crippen molar-refractivity contribution in [1.82, 2.24) is 5.32 Å². The Balaban J connectivity index is 1.66. The highest BCUT2D eigenvalue weighted by atomic mass is 79.9. The molecule has 0 aromatic heterocycles. The van der Waals surface area contributed by atoms with Gasteiger partial charge in [-0.2, -0.15) is 0 Å². The van der Waals surface area contributed by atoms with Crippen LogP contribution in [-0.4, -0.2) is 18.7 Å². The fourth-order valence-electron chi connectivity index (χ4n) is 2.35. The zero-order valence-electron chi connectivity index (χ0n) is 9.92. The number of ether oxygens (including phenoxy) is 1. The third-order valence-corrected chi connectivity index (χ3v) is 4.08. The highest BCUT2D eigenvalue weighted by Crippen LogP contribution is 2.33. The molecule has 1 unspecified atom stereocenters. The van der Waals surface area contributed by atoms with Crippen LogP contribution in [0.5, 0.6) is 5.75 Å². The van der Waals surface area contributed by atoms with Gasteiger partial charge in [0.05, 0.1) is 10.6 Å². The highest BCUT2D eigenvalue weighted by Gasteiger charge is 2.24. The van der Waals surface area contributed by atoms with Crippen LogP contribution in [0, 0.1) is 0 Å². The quantitative estimate of drug-likeness (QED) is 0.920. The fourth-order valence-corrected chi connectivity index (χ4v) is 2.87. The Morgan fingerprint density at radius 2 is 2.18 bits per heavy atom. The van der Waals surface area contributed by atoms with Crippen molar-refractivity contribution in [1.29, 1.82) is 0 Å². The van der Waals surface area contributed by atoms with Crippen molar-refractivity contribution >= 4 is 15.9 Å². The SMILES string of the molecule is Brc1cc(CC2CCCN2)ccc1OC1CC1. The number of rotatable bonds is 4. The van der Waals surface area contributed by atoms with Gasteiger partial charge < -0.3 is 10.1 Å². The van der Waals surface area contributed by atoms with Crippen LogP contribution < -0.4 is 10.1 Å². The zero-order chi connectivity index (χ0) is 11.7. The molecule has 1 saturated heterocycles. The summed E-state index contributed by atoms with van der Waals surface area (Å²) in [5.41, 5.74) is 1.39.